The van der Waals surface area contributed by atoms with Gasteiger partial charge in [-0.2, -0.15) is 0 Å². The SMILES string of the molecule is CC(C)Oc1ccccc1[CH]=[Ru]([Cl])([Cl])=[C]1N(c2ccccc2)C(C)(C)C2=CCc3ccccc3[C@@]21C1=CCC=CC1. The molecule has 1 fully saturated rings. The van der Waals surface area contributed by atoms with Gasteiger partial charge in [0.1, 0.15) is 0 Å². The van der Waals surface area contributed by atoms with Crippen LogP contribution in [-0.2, 0) is 23.7 Å². The van der Waals surface area contributed by atoms with E-state index in [-0.39, 0.29) is 11.6 Å². The van der Waals surface area contributed by atoms with Gasteiger partial charge in [0.15, 0.2) is 0 Å². The number of hydrogen-bond donors (Lipinski definition) is 0. The van der Waals surface area contributed by atoms with Gasteiger partial charge >= 0.3 is 256 Å². The van der Waals surface area contributed by atoms with Gasteiger partial charge in [0.25, 0.3) is 0 Å². The van der Waals surface area contributed by atoms with Gasteiger partial charge < -0.3 is 0 Å². The van der Waals surface area contributed by atoms with E-state index in [9.17, 15) is 0 Å². The van der Waals surface area contributed by atoms with Crippen molar-refractivity contribution in [2.75, 3.05) is 4.90 Å². The van der Waals surface area contributed by atoms with E-state index in [1.807, 2.05) is 32.0 Å². The van der Waals surface area contributed by atoms with E-state index in [0.717, 1.165) is 40.5 Å². The molecule has 0 aromatic heterocycles. The van der Waals surface area contributed by atoms with Crippen LogP contribution in [0.2, 0.25) is 0 Å². The van der Waals surface area contributed by atoms with Gasteiger partial charge in [0.05, 0.1) is 0 Å². The van der Waals surface area contributed by atoms with E-state index in [0.29, 0.717) is 0 Å². The second-order valence-corrected chi connectivity index (χ2v) is 20.9. The number of halogens is 2. The molecular formula is C36H37Cl2NORu. The summed E-state index contributed by atoms with van der Waals surface area (Å²) < 4.78 is 9.50. The second kappa shape index (κ2) is 10.9. The van der Waals surface area contributed by atoms with Crippen molar-refractivity contribution in [3.05, 3.63) is 131 Å². The van der Waals surface area contributed by atoms with Gasteiger partial charge in [0.2, 0.25) is 0 Å². The zero-order valence-electron chi connectivity index (χ0n) is 24.1. The Labute approximate surface area is 254 Å². The molecule has 0 spiro atoms. The zero-order chi connectivity index (χ0) is 28.8. The number of para-hydroxylation sites is 2. The Morgan fingerprint density at radius 2 is 1.56 bits per heavy atom. The first-order valence-electron chi connectivity index (χ1n) is 14.3. The average Bonchev–Trinajstić information content (AvgIpc) is 3.20. The Morgan fingerprint density at radius 3 is 2.29 bits per heavy atom. The molecule has 3 aliphatic rings. The summed E-state index contributed by atoms with van der Waals surface area (Å²) in [6, 6.07) is 27.7. The summed E-state index contributed by atoms with van der Waals surface area (Å²) in [6.45, 7) is 8.76. The Balaban J connectivity index is 1.80. The molecule has 41 heavy (non-hydrogen) atoms. The predicted octanol–water partition coefficient (Wildman–Crippen LogP) is 9.21. The molecule has 3 aromatic rings. The molecule has 0 saturated carbocycles. The molecule has 1 aliphatic heterocycles. The van der Waals surface area contributed by atoms with E-state index in [1.54, 1.807) is 0 Å². The third kappa shape index (κ3) is 4.75. The quantitative estimate of drug-likeness (QED) is 0.198. The Hall–Kier alpha value is -2.58. The number of allylic oxidation sites excluding steroid dienone is 4. The number of benzene rings is 3. The summed E-state index contributed by atoms with van der Waals surface area (Å²) in [5.74, 6) is 0.812. The summed E-state index contributed by atoms with van der Waals surface area (Å²) in [5.41, 5.74) is 6.56. The maximum absolute atomic E-state index is 7.93. The van der Waals surface area contributed by atoms with E-state index >= 15 is 0 Å². The second-order valence-electron chi connectivity index (χ2n) is 11.6. The van der Waals surface area contributed by atoms with Gasteiger partial charge in [-0.25, -0.2) is 0 Å². The van der Waals surface area contributed by atoms with Crippen LogP contribution in [0.25, 0.3) is 0 Å². The van der Waals surface area contributed by atoms with Gasteiger partial charge in [-0.3, -0.25) is 0 Å². The number of rotatable bonds is 5. The van der Waals surface area contributed by atoms with Crippen molar-refractivity contribution in [2.45, 2.75) is 64.0 Å². The molecule has 5 heteroatoms. The van der Waals surface area contributed by atoms with Crippen LogP contribution in [0.5, 0.6) is 5.75 Å². The fourth-order valence-corrected chi connectivity index (χ4v) is 13.9. The van der Waals surface area contributed by atoms with Crippen molar-refractivity contribution < 1.29 is 16.6 Å². The van der Waals surface area contributed by atoms with Crippen LogP contribution >= 0.6 is 19.4 Å². The van der Waals surface area contributed by atoms with Crippen molar-refractivity contribution in [3.63, 3.8) is 0 Å². The Kier molecular flexibility index (Phi) is 7.60. The molecule has 6 rings (SSSR count). The molecule has 214 valence electrons. The Bertz CT molecular complexity index is 1700. The summed E-state index contributed by atoms with van der Waals surface area (Å²) in [6.07, 6.45) is 12.1. The number of nitrogens with zero attached hydrogens (tertiary/aromatic N) is 1. The maximum atomic E-state index is 7.93. The van der Waals surface area contributed by atoms with Crippen LogP contribution in [0.1, 0.15) is 57.2 Å². The van der Waals surface area contributed by atoms with Crippen LogP contribution in [-0.4, -0.2) is 20.5 Å². The molecule has 1 saturated heterocycles. The van der Waals surface area contributed by atoms with Gasteiger partial charge in [-0.15, -0.1) is 0 Å². The van der Waals surface area contributed by atoms with E-state index in [1.165, 1.54) is 22.3 Å². The molecule has 0 amide bonds. The fraction of sp³-hybridized carbons (Fsp3) is 0.278. The third-order valence-electron chi connectivity index (χ3n) is 8.30. The molecule has 2 aliphatic carbocycles. The number of anilines is 1. The van der Waals surface area contributed by atoms with E-state index < -0.39 is 17.3 Å². The van der Waals surface area contributed by atoms with Crippen molar-refractivity contribution in [3.8, 4) is 5.75 Å². The summed E-state index contributed by atoms with van der Waals surface area (Å²) in [4.78, 5) is 2.48. The minimum absolute atomic E-state index is 0.0409. The van der Waals surface area contributed by atoms with Crippen LogP contribution in [0.15, 0.2) is 114 Å². The number of fused-ring (bicyclic) bond motifs is 3. The summed E-state index contributed by atoms with van der Waals surface area (Å²) in [7, 11) is 15.9. The minimum atomic E-state index is -3.83. The predicted molar refractivity (Wildman–Crippen MR) is 173 cm³/mol. The van der Waals surface area contributed by atoms with Crippen LogP contribution < -0.4 is 9.64 Å². The van der Waals surface area contributed by atoms with Gasteiger partial charge in [-0.1, -0.05) is 0 Å². The van der Waals surface area contributed by atoms with Crippen LogP contribution in [0.4, 0.5) is 5.69 Å². The normalized spacial score (nSPS) is 21.6. The summed E-state index contributed by atoms with van der Waals surface area (Å²) in [5, 5.41) is 0. The molecule has 3 aromatic carbocycles. The average molecular weight is 672 g/mol. The van der Waals surface area contributed by atoms with Crippen molar-refractivity contribution in [2.24, 2.45) is 0 Å². The van der Waals surface area contributed by atoms with Crippen molar-refractivity contribution in [1.29, 1.82) is 0 Å². The van der Waals surface area contributed by atoms with Crippen LogP contribution in [0.3, 0.4) is 0 Å². The van der Waals surface area contributed by atoms with Gasteiger partial charge in [0, 0.05) is 0 Å². The fourth-order valence-electron chi connectivity index (χ4n) is 6.81. The zero-order valence-corrected chi connectivity index (χ0v) is 27.3. The molecular weight excluding hydrogens is 634 g/mol. The molecule has 0 unspecified atom stereocenters. The first-order valence-corrected chi connectivity index (χ1v) is 20.6. The monoisotopic (exact) mass is 671 g/mol. The van der Waals surface area contributed by atoms with E-state index in [4.69, 9.17) is 24.1 Å². The number of hydrogen-bond acceptors (Lipinski definition) is 2. The topological polar surface area (TPSA) is 12.5 Å². The molecule has 0 bridgehead atoms. The summed E-state index contributed by atoms with van der Waals surface area (Å²) >= 11 is -3.83. The molecule has 0 N–H and O–H groups in total. The Morgan fingerprint density at radius 1 is 0.854 bits per heavy atom. The first-order chi connectivity index (χ1) is 19.7. The van der Waals surface area contributed by atoms with Crippen molar-refractivity contribution in [1.82, 2.24) is 0 Å². The number of ether oxygens (including phenoxy) is 1. The molecule has 0 radical (unpaired) electrons. The van der Waals surface area contributed by atoms with Crippen molar-refractivity contribution >= 4 is 33.9 Å². The molecule has 2 nitrogen and oxygen atoms in total. The van der Waals surface area contributed by atoms with Crippen LogP contribution in [0, 0.1) is 0 Å². The first kappa shape index (κ1) is 28.5. The molecule has 1 heterocycles. The van der Waals surface area contributed by atoms with Gasteiger partial charge in [-0.05, 0) is 0 Å². The standard InChI is InChI=1S/C26H25N.C10H12O.2ClH.Ru/c1-25(2)24-18-17-20-11-9-10-16-23(20)26(24,21-12-5-3-6-13-21)19-27(25)22-14-7-4-8-15-22;1-8(2)11-10-7-5-4-6-9(10)3;;;/h3-5,7-11,13-16,18H,6,12,17H2,1-2H3;3-8H,1-2H3;2*1H;/q;;;;+2/p-2/t26-;;;;/m1..../s1. The van der Waals surface area contributed by atoms with E-state index in [2.05, 4.69) is 108 Å². The third-order valence-corrected chi connectivity index (χ3v) is 14.0. The molecule has 1 atom stereocenters.